The van der Waals surface area contributed by atoms with Gasteiger partial charge in [0, 0.05) is 10.9 Å². The molecule has 1 rings (SSSR count). The van der Waals surface area contributed by atoms with Gasteiger partial charge in [0.15, 0.2) is 0 Å². The lowest BCUT2D eigenvalue weighted by Gasteiger charge is -2.09. The summed E-state index contributed by atoms with van der Waals surface area (Å²) in [5.74, 6) is 0.0345. The van der Waals surface area contributed by atoms with Gasteiger partial charge in [0.05, 0.1) is 0 Å². The van der Waals surface area contributed by atoms with E-state index in [-0.39, 0.29) is 5.92 Å². The predicted molar refractivity (Wildman–Crippen MR) is 59.8 cm³/mol. The van der Waals surface area contributed by atoms with Gasteiger partial charge in [-0.05, 0) is 24.1 Å². The van der Waals surface area contributed by atoms with Crippen molar-refractivity contribution in [3.05, 3.63) is 34.9 Å². The third kappa shape index (κ3) is 3.15. The van der Waals surface area contributed by atoms with E-state index in [2.05, 4.69) is 6.92 Å². The first-order chi connectivity index (χ1) is 6.77. The molecule has 76 valence electrons. The molecule has 0 aliphatic rings. The van der Waals surface area contributed by atoms with Gasteiger partial charge in [0.2, 0.25) is 0 Å². The lowest BCUT2D eigenvalue weighted by molar-refractivity contribution is -0.109. The molecule has 0 aromatic heterocycles. The van der Waals surface area contributed by atoms with E-state index >= 15 is 0 Å². The first kappa shape index (κ1) is 11.3. The second-order valence-corrected chi connectivity index (χ2v) is 3.87. The third-order valence-corrected chi connectivity index (χ3v) is 2.58. The van der Waals surface area contributed by atoms with Crippen LogP contribution < -0.4 is 0 Å². The smallest absolute Gasteiger partial charge is 0.127 e. The van der Waals surface area contributed by atoms with Crippen LogP contribution in [0.25, 0.3) is 0 Å². The molecular weight excluding hydrogens is 196 g/mol. The van der Waals surface area contributed by atoms with Crippen molar-refractivity contribution in [2.75, 3.05) is 0 Å². The Morgan fingerprint density at radius 3 is 2.50 bits per heavy atom. The molecule has 0 N–H and O–H groups in total. The number of hydrogen-bond acceptors (Lipinski definition) is 1. The number of hydrogen-bond donors (Lipinski definition) is 0. The summed E-state index contributed by atoms with van der Waals surface area (Å²) in [5, 5.41) is 0.717. The molecule has 0 heterocycles. The van der Waals surface area contributed by atoms with E-state index < -0.39 is 0 Å². The SMILES string of the molecule is CCCCC(C=O)c1ccc(Cl)cc1. The maximum absolute atomic E-state index is 10.9. The summed E-state index contributed by atoms with van der Waals surface area (Å²) in [4.78, 5) is 10.9. The highest BCUT2D eigenvalue weighted by atomic mass is 35.5. The number of carbonyl (C=O) groups excluding carboxylic acids is 1. The summed E-state index contributed by atoms with van der Waals surface area (Å²) >= 11 is 5.78. The number of halogens is 1. The van der Waals surface area contributed by atoms with Crippen LogP contribution in [0.15, 0.2) is 24.3 Å². The van der Waals surface area contributed by atoms with E-state index in [0.717, 1.165) is 31.1 Å². The Kier molecular flexibility index (Phi) is 4.68. The Bertz CT molecular complexity index is 279. The Balaban J connectivity index is 2.68. The van der Waals surface area contributed by atoms with Crippen LogP contribution >= 0.6 is 11.6 Å². The van der Waals surface area contributed by atoms with Gasteiger partial charge in [0.25, 0.3) is 0 Å². The van der Waals surface area contributed by atoms with E-state index in [9.17, 15) is 4.79 Å². The zero-order valence-corrected chi connectivity index (χ0v) is 9.13. The van der Waals surface area contributed by atoms with E-state index in [1.54, 1.807) is 0 Å². The first-order valence-electron chi connectivity index (χ1n) is 4.98. The van der Waals surface area contributed by atoms with Crippen LogP contribution in [0.2, 0.25) is 5.02 Å². The highest BCUT2D eigenvalue weighted by Gasteiger charge is 2.08. The van der Waals surface area contributed by atoms with Crippen molar-refractivity contribution in [2.45, 2.75) is 32.1 Å². The van der Waals surface area contributed by atoms with Crippen molar-refractivity contribution in [3.63, 3.8) is 0 Å². The molecule has 0 aliphatic heterocycles. The molecule has 1 nitrogen and oxygen atoms in total. The quantitative estimate of drug-likeness (QED) is 0.676. The lowest BCUT2D eigenvalue weighted by atomic mass is 9.95. The molecule has 1 unspecified atom stereocenters. The minimum atomic E-state index is 0.0345. The average molecular weight is 211 g/mol. The van der Waals surface area contributed by atoms with Gasteiger partial charge in [-0.2, -0.15) is 0 Å². The second-order valence-electron chi connectivity index (χ2n) is 3.44. The van der Waals surface area contributed by atoms with E-state index in [1.165, 1.54) is 0 Å². The van der Waals surface area contributed by atoms with Crippen molar-refractivity contribution in [1.29, 1.82) is 0 Å². The number of rotatable bonds is 5. The van der Waals surface area contributed by atoms with Crippen LogP contribution in [0.5, 0.6) is 0 Å². The summed E-state index contributed by atoms with van der Waals surface area (Å²) in [6, 6.07) is 7.52. The summed E-state index contributed by atoms with van der Waals surface area (Å²) in [6.07, 6.45) is 4.17. The molecule has 0 saturated heterocycles. The Hall–Kier alpha value is -0.820. The minimum absolute atomic E-state index is 0.0345. The van der Waals surface area contributed by atoms with Crippen LogP contribution in [-0.2, 0) is 4.79 Å². The third-order valence-electron chi connectivity index (χ3n) is 2.33. The maximum Gasteiger partial charge on any atom is 0.127 e. The minimum Gasteiger partial charge on any atom is -0.303 e. The van der Waals surface area contributed by atoms with Crippen molar-refractivity contribution in [2.24, 2.45) is 0 Å². The highest BCUT2D eigenvalue weighted by molar-refractivity contribution is 6.30. The normalized spacial score (nSPS) is 12.4. The van der Waals surface area contributed by atoms with Crippen LogP contribution in [0.4, 0.5) is 0 Å². The average Bonchev–Trinajstić information content (AvgIpc) is 2.21. The molecule has 0 fully saturated rings. The zero-order valence-electron chi connectivity index (χ0n) is 8.37. The summed E-state index contributed by atoms with van der Waals surface area (Å²) in [7, 11) is 0. The van der Waals surface area contributed by atoms with Gasteiger partial charge in [-0.1, -0.05) is 43.5 Å². The standard InChI is InChI=1S/C12H15ClO/c1-2-3-4-11(9-14)10-5-7-12(13)8-6-10/h5-9,11H,2-4H2,1H3. The highest BCUT2D eigenvalue weighted by Crippen LogP contribution is 2.21. The number of aldehydes is 1. The summed E-state index contributed by atoms with van der Waals surface area (Å²) in [5.41, 5.74) is 1.07. The van der Waals surface area contributed by atoms with Crippen molar-refractivity contribution >= 4 is 17.9 Å². The molecule has 0 spiro atoms. The molecule has 1 aromatic rings. The molecule has 1 aromatic carbocycles. The second kappa shape index (κ2) is 5.82. The maximum atomic E-state index is 10.9. The molecule has 0 saturated carbocycles. The fourth-order valence-corrected chi connectivity index (χ4v) is 1.57. The Morgan fingerprint density at radius 1 is 1.36 bits per heavy atom. The van der Waals surface area contributed by atoms with Gasteiger partial charge in [-0.3, -0.25) is 0 Å². The van der Waals surface area contributed by atoms with Gasteiger partial charge in [0.1, 0.15) is 6.29 Å². The number of benzene rings is 1. The molecular formula is C12H15ClO. The predicted octanol–water partition coefficient (Wildman–Crippen LogP) is 3.81. The molecule has 0 bridgehead atoms. The van der Waals surface area contributed by atoms with Crippen LogP contribution in [0, 0.1) is 0 Å². The summed E-state index contributed by atoms with van der Waals surface area (Å²) < 4.78 is 0. The van der Waals surface area contributed by atoms with Crippen LogP contribution in [0.1, 0.15) is 37.7 Å². The Labute approximate surface area is 90.1 Å². The van der Waals surface area contributed by atoms with Gasteiger partial charge >= 0.3 is 0 Å². The molecule has 2 heteroatoms. The first-order valence-corrected chi connectivity index (χ1v) is 5.36. The molecule has 0 radical (unpaired) electrons. The van der Waals surface area contributed by atoms with Crippen molar-refractivity contribution < 1.29 is 4.79 Å². The zero-order chi connectivity index (χ0) is 10.4. The fourth-order valence-electron chi connectivity index (χ4n) is 1.45. The molecule has 14 heavy (non-hydrogen) atoms. The topological polar surface area (TPSA) is 17.1 Å². The van der Waals surface area contributed by atoms with E-state index in [4.69, 9.17) is 11.6 Å². The van der Waals surface area contributed by atoms with Crippen LogP contribution in [0.3, 0.4) is 0 Å². The number of unbranched alkanes of at least 4 members (excludes halogenated alkanes) is 1. The van der Waals surface area contributed by atoms with Crippen molar-refractivity contribution in [3.8, 4) is 0 Å². The molecule has 0 aliphatic carbocycles. The lowest BCUT2D eigenvalue weighted by Crippen LogP contribution is -1.99. The largest absolute Gasteiger partial charge is 0.303 e. The van der Waals surface area contributed by atoms with Crippen LogP contribution in [-0.4, -0.2) is 6.29 Å². The monoisotopic (exact) mass is 210 g/mol. The summed E-state index contributed by atoms with van der Waals surface area (Å²) in [6.45, 7) is 2.13. The Morgan fingerprint density at radius 2 is 2.00 bits per heavy atom. The van der Waals surface area contributed by atoms with Gasteiger partial charge in [-0.15, -0.1) is 0 Å². The fraction of sp³-hybridized carbons (Fsp3) is 0.417. The molecule has 1 atom stereocenters. The van der Waals surface area contributed by atoms with Gasteiger partial charge in [-0.25, -0.2) is 0 Å². The number of carbonyl (C=O) groups is 1. The van der Waals surface area contributed by atoms with E-state index in [1.807, 2.05) is 24.3 Å². The van der Waals surface area contributed by atoms with E-state index in [0.29, 0.717) is 5.02 Å². The molecule has 0 amide bonds. The van der Waals surface area contributed by atoms with Gasteiger partial charge < -0.3 is 4.79 Å². The van der Waals surface area contributed by atoms with Crippen molar-refractivity contribution in [1.82, 2.24) is 0 Å².